The molecule has 3 aromatic rings. The van der Waals surface area contributed by atoms with Crippen molar-refractivity contribution in [2.45, 2.75) is 45.4 Å². The summed E-state index contributed by atoms with van der Waals surface area (Å²) in [5.41, 5.74) is 7.19. The van der Waals surface area contributed by atoms with Crippen molar-refractivity contribution in [2.75, 3.05) is 0 Å². The summed E-state index contributed by atoms with van der Waals surface area (Å²) in [5, 5.41) is 0. The van der Waals surface area contributed by atoms with Crippen molar-refractivity contribution in [3.05, 3.63) is 107 Å². The van der Waals surface area contributed by atoms with E-state index >= 15 is 0 Å². The zero-order valence-electron chi connectivity index (χ0n) is 15.7. The summed E-state index contributed by atoms with van der Waals surface area (Å²) in [7, 11) is 0. The first-order chi connectivity index (χ1) is 12.1. The average molecular weight is 328 g/mol. The molecule has 0 fully saturated rings. The van der Waals surface area contributed by atoms with Crippen LogP contribution in [0.15, 0.2) is 78.9 Å². The highest BCUT2D eigenvalue weighted by atomic mass is 14.3. The molecule has 0 amide bonds. The van der Waals surface area contributed by atoms with Crippen molar-refractivity contribution < 1.29 is 0 Å². The predicted octanol–water partition coefficient (Wildman–Crippen LogP) is 7.11. The Morgan fingerprint density at radius 2 is 0.960 bits per heavy atom. The molecule has 0 heteroatoms. The van der Waals surface area contributed by atoms with E-state index in [-0.39, 0.29) is 0 Å². The van der Waals surface area contributed by atoms with Gasteiger partial charge in [-0.05, 0) is 33.7 Å². The molecule has 0 spiro atoms. The van der Waals surface area contributed by atoms with Crippen molar-refractivity contribution in [1.29, 1.82) is 0 Å². The number of rotatable bonds is 5. The molecule has 0 aromatic heterocycles. The van der Waals surface area contributed by atoms with Crippen LogP contribution in [-0.2, 0) is 0 Å². The second kappa shape index (κ2) is 7.70. The minimum Gasteiger partial charge on any atom is -0.0622 e. The topological polar surface area (TPSA) is 0 Å². The molecule has 3 rings (SSSR count). The lowest BCUT2D eigenvalue weighted by Crippen LogP contribution is -2.10. The Kier molecular flexibility index (Phi) is 5.38. The van der Waals surface area contributed by atoms with Crippen LogP contribution in [0.2, 0.25) is 0 Å². The fourth-order valence-electron chi connectivity index (χ4n) is 3.81. The summed E-state index contributed by atoms with van der Waals surface area (Å²) in [6.45, 7) is 9.27. The summed E-state index contributed by atoms with van der Waals surface area (Å²) in [6, 6.07) is 28.6. The molecule has 0 heterocycles. The minimum atomic E-state index is 0.390. The number of hydrogen-bond donors (Lipinski definition) is 0. The maximum absolute atomic E-state index is 2.35. The van der Waals surface area contributed by atoms with Gasteiger partial charge >= 0.3 is 0 Å². The van der Waals surface area contributed by atoms with E-state index in [9.17, 15) is 0 Å². The number of hydrogen-bond acceptors (Lipinski definition) is 0. The van der Waals surface area contributed by atoms with Crippen LogP contribution in [0.25, 0.3) is 0 Å². The van der Waals surface area contributed by atoms with Gasteiger partial charge in [0, 0.05) is 11.8 Å². The zero-order valence-corrected chi connectivity index (χ0v) is 15.7. The molecule has 128 valence electrons. The first kappa shape index (κ1) is 17.5. The second-order valence-electron chi connectivity index (χ2n) is 7.27. The standard InChI is InChI=1S/C25H28/c1-18(2)23-16-11-17-24(19(3)21-12-7-5-8-13-21)25(23)20(4)22-14-9-6-10-15-22/h5-20H,1-4H3. The molecule has 2 atom stereocenters. The summed E-state index contributed by atoms with van der Waals surface area (Å²) in [4.78, 5) is 0. The minimum absolute atomic E-state index is 0.390. The fourth-order valence-corrected chi connectivity index (χ4v) is 3.81. The lowest BCUT2D eigenvalue weighted by molar-refractivity contribution is 0.781. The van der Waals surface area contributed by atoms with Crippen LogP contribution < -0.4 is 0 Å². The van der Waals surface area contributed by atoms with Gasteiger partial charge in [0.25, 0.3) is 0 Å². The highest BCUT2D eigenvalue weighted by Crippen LogP contribution is 2.38. The van der Waals surface area contributed by atoms with E-state index in [0.717, 1.165) is 0 Å². The van der Waals surface area contributed by atoms with Crippen LogP contribution in [-0.4, -0.2) is 0 Å². The van der Waals surface area contributed by atoms with Crippen LogP contribution in [0.1, 0.15) is 73.3 Å². The van der Waals surface area contributed by atoms with E-state index in [4.69, 9.17) is 0 Å². The van der Waals surface area contributed by atoms with E-state index in [2.05, 4.69) is 107 Å². The van der Waals surface area contributed by atoms with Gasteiger partial charge in [0.1, 0.15) is 0 Å². The summed E-state index contributed by atoms with van der Waals surface area (Å²) >= 11 is 0. The Bertz CT molecular complexity index is 800. The van der Waals surface area contributed by atoms with Crippen molar-refractivity contribution in [2.24, 2.45) is 0 Å². The molecular weight excluding hydrogens is 300 g/mol. The van der Waals surface area contributed by atoms with Crippen LogP contribution in [0.3, 0.4) is 0 Å². The van der Waals surface area contributed by atoms with Gasteiger partial charge < -0.3 is 0 Å². The Hall–Kier alpha value is -2.34. The van der Waals surface area contributed by atoms with E-state index < -0.39 is 0 Å². The van der Waals surface area contributed by atoms with Crippen LogP contribution in [0, 0.1) is 0 Å². The normalized spacial score (nSPS) is 13.6. The van der Waals surface area contributed by atoms with Crippen LogP contribution >= 0.6 is 0 Å². The van der Waals surface area contributed by atoms with E-state index in [1.54, 1.807) is 0 Å². The van der Waals surface area contributed by atoms with Crippen molar-refractivity contribution in [1.82, 2.24) is 0 Å². The van der Waals surface area contributed by atoms with Crippen LogP contribution in [0.5, 0.6) is 0 Å². The molecule has 0 radical (unpaired) electrons. The summed E-state index contributed by atoms with van der Waals surface area (Å²) in [6.07, 6.45) is 0. The summed E-state index contributed by atoms with van der Waals surface area (Å²) in [5.74, 6) is 1.30. The third-order valence-electron chi connectivity index (χ3n) is 5.29. The van der Waals surface area contributed by atoms with Crippen LogP contribution in [0.4, 0.5) is 0 Å². The molecule has 0 aliphatic heterocycles. The van der Waals surface area contributed by atoms with E-state index in [1.807, 2.05) is 0 Å². The van der Waals surface area contributed by atoms with Gasteiger partial charge in [0.15, 0.2) is 0 Å². The van der Waals surface area contributed by atoms with Gasteiger partial charge in [-0.1, -0.05) is 107 Å². The Labute approximate surface area is 152 Å². The Morgan fingerprint density at radius 3 is 1.48 bits per heavy atom. The summed E-state index contributed by atoms with van der Waals surface area (Å²) < 4.78 is 0. The predicted molar refractivity (Wildman–Crippen MR) is 108 cm³/mol. The Balaban J connectivity index is 2.14. The molecule has 0 N–H and O–H groups in total. The first-order valence-electron chi connectivity index (χ1n) is 9.32. The molecule has 0 saturated heterocycles. The fraction of sp³-hybridized carbons (Fsp3) is 0.280. The monoisotopic (exact) mass is 328 g/mol. The molecular formula is C25H28. The van der Waals surface area contributed by atoms with Gasteiger partial charge in [-0.25, -0.2) is 0 Å². The molecule has 3 aromatic carbocycles. The van der Waals surface area contributed by atoms with Gasteiger partial charge in [0.2, 0.25) is 0 Å². The van der Waals surface area contributed by atoms with E-state index in [1.165, 1.54) is 27.8 Å². The van der Waals surface area contributed by atoms with Crippen molar-refractivity contribution in [3.63, 3.8) is 0 Å². The molecule has 2 unspecified atom stereocenters. The highest BCUT2D eigenvalue weighted by Gasteiger charge is 2.22. The van der Waals surface area contributed by atoms with Crippen molar-refractivity contribution >= 4 is 0 Å². The smallest absolute Gasteiger partial charge is 0.00667 e. The highest BCUT2D eigenvalue weighted by molar-refractivity contribution is 5.48. The SMILES string of the molecule is CC(C)c1cccc(C(C)c2ccccc2)c1C(C)c1ccccc1. The molecule has 0 aliphatic rings. The molecule has 25 heavy (non-hydrogen) atoms. The lowest BCUT2D eigenvalue weighted by Gasteiger charge is -2.26. The second-order valence-corrected chi connectivity index (χ2v) is 7.27. The van der Waals surface area contributed by atoms with Gasteiger partial charge in [-0.3, -0.25) is 0 Å². The maximum atomic E-state index is 2.35. The molecule has 0 aliphatic carbocycles. The van der Waals surface area contributed by atoms with E-state index in [0.29, 0.717) is 17.8 Å². The number of benzene rings is 3. The maximum Gasteiger partial charge on any atom is 0.00667 e. The Morgan fingerprint density at radius 1 is 0.480 bits per heavy atom. The average Bonchev–Trinajstić information content (AvgIpc) is 2.67. The van der Waals surface area contributed by atoms with Gasteiger partial charge in [-0.15, -0.1) is 0 Å². The zero-order chi connectivity index (χ0) is 17.8. The van der Waals surface area contributed by atoms with Crippen molar-refractivity contribution in [3.8, 4) is 0 Å². The molecule has 0 bridgehead atoms. The third-order valence-corrected chi connectivity index (χ3v) is 5.29. The molecule has 0 saturated carbocycles. The lowest BCUT2D eigenvalue weighted by atomic mass is 9.78. The quantitative estimate of drug-likeness (QED) is 0.468. The van der Waals surface area contributed by atoms with Gasteiger partial charge in [0.05, 0.1) is 0 Å². The largest absolute Gasteiger partial charge is 0.0622 e. The molecule has 0 nitrogen and oxygen atoms in total. The first-order valence-corrected chi connectivity index (χ1v) is 9.32. The third kappa shape index (κ3) is 3.69. The van der Waals surface area contributed by atoms with Gasteiger partial charge in [-0.2, -0.15) is 0 Å².